The maximum Gasteiger partial charge on any atom is 0.193 e. The number of nitrogens with one attached hydrogen (secondary N) is 1. The molecule has 8 heteroatoms. The summed E-state index contributed by atoms with van der Waals surface area (Å²) in [6.45, 7) is 3.43. The Hall–Kier alpha value is -1.32. The van der Waals surface area contributed by atoms with Gasteiger partial charge in [0.25, 0.3) is 0 Å². The number of benzene rings is 2. The van der Waals surface area contributed by atoms with Crippen LogP contribution in [0.25, 0.3) is 0 Å². The summed E-state index contributed by atoms with van der Waals surface area (Å²) in [5.74, 6) is 0.613. The molecule has 2 rings (SSSR count). The lowest BCUT2D eigenvalue weighted by atomic mass is 10.2. The van der Waals surface area contributed by atoms with Crippen LogP contribution in [0.15, 0.2) is 64.5 Å². The molecular formula is C19H25ClIN3O2S. The first-order valence-electron chi connectivity index (χ1n) is 8.44. The Bertz CT molecular complexity index is 845. The van der Waals surface area contributed by atoms with Crippen molar-refractivity contribution in [1.82, 2.24) is 10.2 Å². The molecule has 148 valence electrons. The van der Waals surface area contributed by atoms with Crippen molar-refractivity contribution >= 4 is 51.4 Å². The van der Waals surface area contributed by atoms with E-state index in [1.165, 1.54) is 0 Å². The van der Waals surface area contributed by atoms with Crippen molar-refractivity contribution in [2.24, 2.45) is 4.99 Å². The molecule has 0 unspecified atom stereocenters. The van der Waals surface area contributed by atoms with Crippen molar-refractivity contribution in [3.05, 3.63) is 65.2 Å². The van der Waals surface area contributed by atoms with E-state index in [9.17, 15) is 8.42 Å². The number of nitrogens with zero attached hydrogens (tertiary/aromatic N) is 2. The molecule has 0 saturated heterocycles. The Labute approximate surface area is 183 Å². The summed E-state index contributed by atoms with van der Waals surface area (Å²) in [6.07, 6.45) is 0. The minimum atomic E-state index is -3.34. The molecule has 0 aliphatic carbocycles. The molecule has 0 heterocycles. The molecule has 5 nitrogen and oxygen atoms in total. The topological polar surface area (TPSA) is 61.8 Å². The van der Waals surface area contributed by atoms with Crippen LogP contribution in [-0.4, -0.2) is 45.2 Å². The molecule has 27 heavy (non-hydrogen) atoms. The molecule has 0 fully saturated rings. The lowest BCUT2D eigenvalue weighted by Gasteiger charge is -2.22. The zero-order valence-corrected chi connectivity index (χ0v) is 19.3. The van der Waals surface area contributed by atoms with Gasteiger partial charge in [-0.25, -0.2) is 8.42 Å². The summed E-state index contributed by atoms with van der Waals surface area (Å²) in [6, 6.07) is 16.1. The number of hydrogen-bond acceptors (Lipinski definition) is 3. The van der Waals surface area contributed by atoms with E-state index in [1.807, 2.05) is 43.1 Å². The van der Waals surface area contributed by atoms with Crippen LogP contribution >= 0.6 is 35.6 Å². The first-order chi connectivity index (χ1) is 12.4. The first kappa shape index (κ1) is 23.7. The predicted octanol–water partition coefficient (Wildman–Crippen LogP) is 3.83. The highest BCUT2D eigenvalue weighted by Gasteiger charge is 2.14. The van der Waals surface area contributed by atoms with Gasteiger partial charge in [0.15, 0.2) is 15.8 Å². The smallest absolute Gasteiger partial charge is 0.193 e. The fraction of sp³-hybridized carbons (Fsp3) is 0.316. The predicted molar refractivity (Wildman–Crippen MR) is 123 cm³/mol. The van der Waals surface area contributed by atoms with Gasteiger partial charge in [-0.1, -0.05) is 48.0 Å². The number of guanidine groups is 1. The highest BCUT2D eigenvalue weighted by Crippen LogP contribution is 2.16. The van der Waals surface area contributed by atoms with Crippen molar-refractivity contribution < 1.29 is 8.42 Å². The van der Waals surface area contributed by atoms with Crippen LogP contribution in [0, 0.1) is 0 Å². The second kappa shape index (κ2) is 11.5. The van der Waals surface area contributed by atoms with E-state index in [1.54, 1.807) is 30.3 Å². The van der Waals surface area contributed by atoms with Gasteiger partial charge in [0.1, 0.15) is 0 Å². The highest BCUT2D eigenvalue weighted by molar-refractivity contribution is 14.0. The van der Waals surface area contributed by atoms with Crippen molar-refractivity contribution in [3.8, 4) is 0 Å². The Morgan fingerprint density at radius 1 is 1.11 bits per heavy atom. The van der Waals surface area contributed by atoms with Crippen LogP contribution in [0.4, 0.5) is 0 Å². The number of sulfone groups is 1. The Balaban J connectivity index is 0.00000364. The van der Waals surface area contributed by atoms with Crippen molar-refractivity contribution in [1.29, 1.82) is 0 Å². The number of rotatable bonds is 7. The molecule has 1 N–H and O–H groups in total. The number of halogens is 2. The molecule has 2 aromatic carbocycles. The third-order valence-electron chi connectivity index (χ3n) is 3.79. The van der Waals surface area contributed by atoms with E-state index in [0.717, 1.165) is 5.56 Å². The third-order valence-corrected chi connectivity index (χ3v) is 5.86. The van der Waals surface area contributed by atoms with Gasteiger partial charge in [-0.2, -0.15) is 0 Å². The zero-order valence-electron chi connectivity index (χ0n) is 15.4. The van der Waals surface area contributed by atoms with Gasteiger partial charge in [0.2, 0.25) is 0 Å². The lowest BCUT2D eigenvalue weighted by Crippen LogP contribution is -2.38. The average Bonchev–Trinajstić information content (AvgIpc) is 2.63. The highest BCUT2D eigenvalue weighted by atomic mass is 127. The van der Waals surface area contributed by atoms with Gasteiger partial charge in [0, 0.05) is 25.2 Å². The van der Waals surface area contributed by atoms with Crippen LogP contribution in [0.3, 0.4) is 0 Å². The Morgan fingerprint density at radius 2 is 1.74 bits per heavy atom. The molecule has 0 spiro atoms. The standard InChI is InChI=1S/C19H24ClN3O2S.HI/c1-3-21-19(23(2)15-16-9-7-8-12-18(16)20)22-13-14-26(24,25)17-10-5-4-6-11-17;/h4-12H,3,13-15H2,1-2H3,(H,21,22);1H. The maximum absolute atomic E-state index is 12.4. The van der Waals surface area contributed by atoms with E-state index in [0.29, 0.717) is 29.0 Å². The second-order valence-electron chi connectivity index (χ2n) is 5.82. The van der Waals surface area contributed by atoms with Gasteiger partial charge >= 0.3 is 0 Å². The van der Waals surface area contributed by atoms with Crippen molar-refractivity contribution in [2.75, 3.05) is 25.9 Å². The summed E-state index contributed by atoms with van der Waals surface area (Å²) in [5, 5.41) is 3.88. The fourth-order valence-electron chi connectivity index (χ4n) is 2.44. The Kier molecular flexibility index (Phi) is 10.1. The quantitative estimate of drug-likeness (QED) is 0.342. The summed E-state index contributed by atoms with van der Waals surface area (Å²) in [4.78, 5) is 6.71. The lowest BCUT2D eigenvalue weighted by molar-refractivity contribution is 0.477. The Morgan fingerprint density at radius 3 is 2.37 bits per heavy atom. The van der Waals surface area contributed by atoms with Gasteiger partial charge < -0.3 is 10.2 Å². The van der Waals surface area contributed by atoms with Crippen LogP contribution in [-0.2, 0) is 16.4 Å². The molecule has 0 bridgehead atoms. The van der Waals surface area contributed by atoms with Crippen LogP contribution in [0.5, 0.6) is 0 Å². The SMILES string of the molecule is CCNC(=NCCS(=O)(=O)c1ccccc1)N(C)Cc1ccccc1Cl.I. The zero-order chi connectivity index (χ0) is 19.0. The molecular weight excluding hydrogens is 497 g/mol. The van der Waals surface area contributed by atoms with Gasteiger partial charge in [-0.05, 0) is 30.7 Å². The second-order valence-corrected chi connectivity index (χ2v) is 8.33. The molecule has 0 radical (unpaired) electrons. The van der Waals surface area contributed by atoms with Crippen molar-refractivity contribution in [3.63, 3.8) is 0 Å². The van der Waals surface area contributed by atoms with E-state index >= 15 is 0 Å². The van der Waals surface area contributed by atoms with E-state index in [4.69, 9.17) is 11.6 Å². The van der Waals surface area contributed by atoms with E-state index < -0.39 is 9.84 Å². The summed E-state index contributed by atoms with van der Waals surface area (Å²) in [7, 11) is -1.44. The van der Waals surface area contributed by atoms with Crippen LogP contribution < -0.4 is 5.32 Å². The van der Waals surface area contributed by atoms with Crippen molar-refractivity contribution in [2.45, 2.75) is 18.4 Å². The molecule has 0 aliphatic heterocycles. The van der Waals surface area contributed by atoms with Gasteiger partial charge in [0.05, 0.1) is 17.2 Å². The first-order valence-corrected chi connectivity index (χ1v) is 10.5. The number of aliphatic imine (C=N–C) groups is 1. The summed E-state index contributed by atoms with van der Waals surface area (Å²) < 4.78 is 24.7. The van der Waals surface area contributed by atoms with E-state index in [2.05, 4.69) is 10.3 Å². The third kappa shape index (κ3) is 7.31. The van der Waals surface area contributed by atoms with Crippen LogP contribution in [0.2, 0.25) is 5.02 Å². The van der Waals surface area contributed by atoms with Gasteiger partial charge in [-0.15, -0.1) is 24.0 Å². The molecule has 0 aromatic heterocycles. The molecule has 2 aromatic rings. The van der Waals surface area contributed by atoms with Gasteiger partial charge in [-0.3, -0.25) is 4.99 Å². The summed E-state index contributed by atoms with van der Waals surface area (Å²) >= 11 is 6.22. The minimum Gasteiger partial charge on any atom is -0.357 e. The fourth-order valence-corrected chi connectivity index (χ4v) is 3.78. The normalized spacial score (nSPS) is 11.6. The molecule has 0 saturated carbocycles. The molecule has 0 aliphatic rings. The maximum atomic E-state index is 12.4. The average molecular weight is 522 g/mol. The van der Waals surface area contributed by atoms with E-state index in [-0.39, 0.29) is 36.3 Å². The molecule has 0 atom stereocenters. The monoisotopic (exact) mass is 521 g/mol. The summed E-state index contributed by atoms with van der Waals surface area (Å²) in [5.41, 5.74) is 0.985. The van der Waals surface area contributed by atoms with Crippen LogP contribution in [0.1, 0.15) is 12.5 Å². The molecule has 0 amide bonds. The number of hydrogen-bond donors (Lipinski definition) is 1. The largest absolute Gasteiger partial charge is 0.357 e. The minimum absolute atomic E-state index is 0.